The predicted octanol–water partition coefficient (Wildman–Crippen LogP) is 5.83. The number of ether oxygens (including phenoxy) is 1. The molecule has 1 atom stereocenters. The van der Waals surface area contributed by atoms with E-state index in [-0.39, 0.29) is 22.9 Å². The third kappa shape index (κ3) is 4.51. The van der Waals surface area contributed by atoms with Gasteiger partial charge in [-0.3, -0.25) is 14.5 Å². The summed E-state index contributed by atoms with van der Waals surface area (Å²) in [5.41, 5.74) is 0.901. The summed E-state index contributed by atoms with van der Waals surface area (Å²) in [6, 6.07) is 11.4. The van der Waals surface area contributed by atoms with Crippen LogP contribution in [0.15, 0.2) is 66.2 Å². The van der Waals surface area contributed by atoms with Crippen molar-refractivity contribution in [1.82, 2.24) is 0 Å². The van der Waals surface area contributed by atoms with E-state index in [1.54, 1.807) is 25.1 Å². The molecule has 1 saturated heterocycles. The van der Waals surface area contributed by atoms with Gasteiger partial charge in [0.05, 0.1) is 17.7 Å². The number of ketones is 1. The van der Waals surface area contributed by atoms with Crippen LogP contribution >= 0.6 is 0 Å². The van der Waals surface area contributed by atoms with Crippen molar-refractivity contribution in [3.63, 3.8) is 0 Å². The Morgan fingerprint density at radius 1 is 0.943 bits per heavy atom. The second kappa shape index (κ2) is 9.29. The molecule has 4 rings (SSSR count). The summed E-state index contributed by atoms with van der Waals surface area (Å²) >= 11 is 0. The fourth-order valence-corrected chi connectivity index (χ4v) is 4.03. The minimum Gasteiger partial charge on any atom is -0.507 e. The smallest absolute Gasteiger partial charge is 0.300 e. The van der Waals surface area contributed by atoms with Crippen LogP contribution < -0.4 is 9.64 Å². The van der Waals surface area contributed by atoms with Crippen LogP contribution in [0.3, 0.4) is 0 Å². The van der Waals surface area contributed by atoms with Crippen molar-refractivity contribution < 1.29 is 32.6 Å². The zero-order valence-corrected chi connectivity index (χ0v) is 19.2. The quantitative estimate of drug-likeness (QED) is 0.283. The van der Waals surface area contributed by atoms with E-state index in [9.17, 15) is 27.9 Å². The van der Waals surface area contributed by atoms with Gasteiger partial charge in [-0.15, -0.1) is 0 Å². The standard InChI is InChI=1S/C27H22F3NO4/c1-14(2)35-22-11-6-17(12-15(22)3)25(32)23-24(16-4-7-18(28)8-5-16)31(27(34)26(23)33)19-9-10-20(29)21(30)13-19/h4-14,24,32H,1-3H3/b25-23+. The van der Waals surface area contributed by atoms with Gasteiger partial charge in [0.25, 0.3) is 11.7 Å². The van der Waals surface area contributed by atoms with Gasteiger partial charge in [-0.25, -0.2) is 13.2 Å². The number of nitrogens with zero attached hydrogens (tertiary/aromatic N) is 1. The van der Waals surface area contributed by atoms with E-state index in [4.69, 9.17) is 4.74 Å². The monoisotopic (exact) mass is 481 g/mol. The highest BCUT2D eigenvalue weighted by Gasteiger charge is 2.47. The van der Waals surface area contributed by atoms with E-state index in [0.717, 1.165) is 35.2 Å². The summed E-state index contributed by atoms with van der Waals surface area (Å²) in [4.78, 5) is 27.2. The van der Waals surface area contributed by atoms with Gasteiger partial charge >= 0.3 is 0 Å². The topological polar surface area (TPSA) is 66.8 Å². The van der Waals surface area contributed by atoms with Crippen LogP contribution in [0.25, 0.3) is 5.76 Å². The number of rotatable bonds is 5. The molecule has 1 aliphatic heterocycles. The Balaban J connectivity index is 1.90. The van der Waals surface area contributed by atoms with Gasteiger partial charge in [-0.1, -0.05) is 12.1 Å². The van der Waals surface area contributed by atoms with Gasteiger partial charge in [0.2, 0.25) is 0 Å². The summed E-state index contributed by atoms with van der Waals surface area (Å²) < 4.78 is 46.9. The summed E-state index contributed by atoms with van der Waals surface area (Å²) in [6.07, 6.45) is -0.0759. The van der Waals surface area contributed by atoms with Crippen molar-refractivity contribution in [2.75, 3.05) is 4.90 Å². The Hall–Kier alpha value is -4.07. The van der Waals surface area contributed by atoms with Crippen LogP contribution in [0.4, 0.5) is 18.9 Å². The first-order chi connectivity index (χ1) is 16.6. The Kier molecular flexibility index (Phi) is 6.39. The molecule has 0 spiro atoms. The fourth-order valence-electron chi connectivity index (χ4n) is 4.03. The van der Waals surface area contributed by atoms with Crippen LogP contribution in [0, 0.1) is 24.4 Å². The zero-order valence-electron chi connectivity index (χ0n) is 19.2. The van der Waals surface area contributed by atoms with E-state index < -0.39 is 40.9 Å². The number of anilines is 1. The third-order valence-electron chi connectivity index (χ3n) is 5.62. The molecule has 0 radical (unpaired) electrons. The van der Waals surface area contributed by atoms with E-state index in [0.29, 0.717) is 16.9 Å². The minimum atomic E-state index is -1.21. The number of aliphatic hydroxyl groups is 1. The number of carbonyl (C=O) groups is 2. The normalized spacial score (nSPS) is 17.3. The number of carbonyl (C=O) groups excluding carboxylic acids is 2. The molecule has 1 fully saturated rings. The summed E-state index contributed by atoms with van der Waals surface area (Å²) in [7, 11) is 0. The number of aliphatic hydroxyl groups excluding tert-OH is 1. The molecular formula is C27H22F3NO4. The lowest BCUT2D eigenvalue weighted by Crippen LogP contribution is -2.29. The number of hydrogen-bond acceptors (Lipinski definition) is 4. The van der Waals surface area contributed by atoms with Gasteiger partial charge < -0.3 is 9.84 Å². The van der Waals surface area contributed by atoms with Gasteiger partial charge in [0.15, 0.2) is 11.6 Å². The first-order valence-corrected chi connectivity index (χ1v) is 10.9. The Morgan fingerprint density at radius 2 is 1.63 bits per heavy atom. The molecule has 1 amide bonds. The Bertz CT molecular complexity index is 1350. The zero-order chi connectivity index (χ0) is 25.4. The van der Waals surface area contributed by atoms with Crippen LogP contribution in [-0.4, -0.2) is 22.9 Å². The number of benzene rings is 3. The average Bonchev–Trinajstić information content (AvgIpc) is 3.07. The maximum absolute atomic E-state index is 14.0. The number of halogens is 3. The molecule has 35 heavy (non-hydrogen) atoms. The van der Waals surface area contributed by atoms with E-state index >= 15 is 0 Å². The molecule has 1 aliphatic rings. The highest BCUT2D eigenvalue weighted by atomic mass is 19.2. The number of hydrogen-bond donors (Lipinski definition) is 1. The highest BCUT2D eigenvalue weighted by Crippen LogP contribution is 2.42. The Labute approximate surface area is 200 Å². The summed E-state index contributed by atoms with van der Waals surface area (Å²) in [6.45, 7) is 5.51. The molecule has 3 aromatic carbocycles. The van der Waals surface area contributed by atoms with Crippen molar-refractivity contribution in [3.05, 3.63) is 100 Å². The number of aryl methyl sites for hydroxylation is 1. The summed E-state index contributed by atoms with van der Waals surface area (Å²) in [5, 5.41) is 11.2. The van der Waals surface area contributed by atoms with E-state index in [2.05, 4.69) is 0 Å². The SMILES string of the molecule is Cc1cc(/C(O)=C2\C(=O)C(=O)N(c3ccc(F)c(F)c3)C2c2ccc(F)cc2)ccc1OC(C)C. The highest BCUT2D eigenvalue weighted by molar-refractivity contribution is 6.51. The Morgan fingerprint density at radius 3 is 2.23 bits per heavy atom. The second-order valence-corrected chi connectivity index (χ2v) is 8.47. The lowest BCUT2D eigenvalue weighted by Gasteiger charge is -2.25. The molecule has 0 bridgehead atoms. The largest absolute Gasteiger partial charge is 0.507 e. The van der Waals surface area contributed by atoms with Gasteiger partial charge in [-0.2, -0.15) is 0 Å². The minimum absolute atomic E-state index is 0.0759. The van der Waals surface area contributed by atoms with Crippen LogP contribution in [-0.2, 0) is 9.59 Å². The van der Waals surface area contributed by atoms with Crippen molar-refractivity contribution in [2.45, 2.75) is 32.9 Å². The molecule has 1 unspecified atom stereocenters. The summed E-state index contributed by atoms with van der Waals surface area (Å²) in [5.74, 6) is -4.79. The van der Waals surface area contributed by atoms with Crippen molar-refractivity contribution in [1.29, 1.82) is 0 Å². The lowest BCUT2D eigenvalue weighted by molar-refractivity contribution is -0.132. The van der Waals surface area contributed by atoms with Gasteiger partial charge in [0.1, 0.15) is 17.3 Å². The molecule has 1 heterocycles. The second-order valence-electron chi connectivity index (χ2n) is 8.47. The predicted molar refractivity (Wildman–Crippen MR) is 124 cm³/mol. The average molecular weight is 481 g/mol. The van der Waals surface area contributed by atoms with Gasteiger partial charge in [0, 0.05) is 17.3 Å². The molecule has 0 aliphatic carbocycles. The fraction of sp³-hybridized carbons (Fsp3) is 0.185. The van der Waals surface area contributed by atoms with Gasteiger partial charge in [-0.05, 0) is 74.4 Å². The molecular weight excluding hydrogens is 459 g/mol. The number of amides is 1. The van der Waals surface area contributed by atoms with Crippen molar-refractivity contribution in [3.8, 4) is 5.75 Å². The van der Waals surface area contributed by atoms with Crippen LogP contribution in [0.5, 0.6) is 5.75 Å². The van der Waals surface area contributed by atoms with E-state index in [1.807, 2.05) is 13.8 Å². The third-order valence-corrected chi connectivity index (χ3v) is 5.62. The van der Waals surface area contributed by atoms with Crippen molar-refractivity contribution >= 4 is 23.1 Å². The molecule has 8 heteroatoms. The first-order valence-electron chi connectivity index (χ1n) is 10.9. The molecule has 3 aromatic rings. The maximum atomic E-state index is 14.0. The lowest BCUT2D eigenvalue weighted by atomic mass is 9.94. The van der Waals surface area contributed by atoms with Crippen LogP contribution in [0.2, 0.25) is 0 Å². The molecule has 0 aromatic heterocycles. The molecule has 180 valence electrons. The first kappa shape index (κ1) is 24.1. The molecule has 0 saturated carbocycles. The van der Waals surface area contributed by atoms with Crippen LogP contribution in [0.1, 0.15) is 36.6 Å². The molecule has 5 nitrogen and oxygen atoms in total. The number of Topliss-reactive ketones (excluding diaryl/α,β-unsaturated/α-hetero) is 1. The maximum Gasteiger partial charge on any atom is 0.300 e. The molecule has 1 N–H and O–H groups in total. The van der Waals surface area contributed by atoms with E-state index in [1.165, 1.54) is 12.1 Å². The van der Waals surface area contributed by atoms with Crippen molar-refractivity contribution in [2.24, 2.45) is 0 Å².